The molecule has 0 saturated heterocycles. The lowest BCUT2D eigenvalue weighted by atomic mass is 10.1. The van der Waals surface area contributed by atoms with Gasteiger partial charge in [-0.25, -0.2) is 19.0 Å². The fourth-order valence-electron chi connectivity index (χ4n) is 1.59. The van der Waals surface area contributed by atoms with Gasteiger partial charge in [-0.3, -0.25) is 0 Å². The van der Waals surface area contributed by atoms with Crippen LogP contribution in [0.2, 0.25) is 0 Å². The quantitative estimate of drug-likeness (QED) is 0.767. The molecule has 0 aliphatic rings. The van der Waals surface area contributed by atoms with Crippen molar-refractivity contribution in [3.05, 3.63) is 42.7 Å². The SMILES string of the molecule is Nc1nc(-c2ccc(F)cc2)c(-n2cncn2)s1. The maximum Gasteiger partial charge on any atom is 0.182 e. The summed E-state index contributed by atoms with van der Waals surface area (Å²) in [6, 6.07) is 6.08. The van der Waals surface area contributed by atoms with Crippen LogP contribution in [-0.2, 0) is 0 Å². The minimum Gasteiger partial charge on any atom is -0.375 e. The Morgan fingerprint density at radius 1 is 1.22 bits per heavy atom. The first-order valence-electron chi connectivity index (χ1n) is 5.11. The molecule has 0 saturated carbocycles. The maximum absolute atomic E-state index is 12.9. The van der Waals surface area contributed by atoms with Crippen molar-refractivity contribution in [1.82, 2.24) is 19.7 Å². The van der Waals surface area contributed by atoms with Gasteiger partial charge in [0.05, 0.1) is 0 Å². The standard InChI is InChI=1S/C11H8FN5S/c12-8-3-1-7(2-4-8)9-10(18-11(13)16-9)17-6-14-5-15-17/h1-6H,(H2,13,16). The summed E-state index contributed by atoms with van der Waals surface area (Å²) in [7, 11) is 0. The Labute approximate surface area is 106 Å². The molecule has 0 spiro atoms. The van der Waals surface area contributed by atoms with Crippen LogP contribution in [0.25, 0.3) is 16.3 Å². The molecule has 0 fully saturated rings. The number of nitrogen functional groups attached to an aromatic ring is 1. The van der Waals surface area contributed by atoms with E-state index in [9.17, 15) is 4.39 Å². The minimum absolute atomic E-state index is 0.288. The van der Waals surface area contributed by atoms with Gasteiger partial charge < -0.3 is 5.73 Å². The number of hydrogen-bond donors (Lipinski definition) is 1. The van der Waals surface area contributed by atoms with Gasteiger partial charge in [0.1, 0.15) is 29.2 Å². The van der Waals surface area contributed by atoms with E-state index in [0.717, 1.165) is 10.6 Å². The van der Waals surface area contributed by atoms with E-state index in [1.165, 1.54) is 29.8 Å². The fourth-order valence-corrected chi connectivity index (χ4v) is 2.38. The second kappa shape index (κ2) is 4.19. The molecular weight excluding hydrogens is 253 g/mol. The highest BCUT2D eigenvalue weighted by Crippen LogP contribution is 2.32. The monoisotopic (exact) mass is 261 g/mol. The van der Waals surface area contributed by atoms with Crippen LogP contribution in [-0.4, -0.2) is 19.7 Å². The Balaban J connectivity index is 2.15. The molecule has 0 bridgehead atoms. The normalized spacial score (nSPS) is 10.7. The molecule has 5 nitrogen and oxygen atoms in total. The lowest BCUT2D eigenvalue weighted by Gasteiger charge is -2.01. The number of rotatable bonds is 2. The third kappa shape index (κ3) is 1.84. The number of aromatic nitrogens is 4. The molecule has 0 amide bonds. The molecule has 3 aromatic rings. The van der Waals surface area contributed by atoms with E-state index in [4.69, 9.17) is 5.73 Å². The topological polar surface area (TPSA) is 69.6 Å². The number of halogens is 1. The first-order chi connectivity index (χ1) is 8.74. The highest BCUT2D eigenvalue weighted by Gasteiger charge is 2.14. The van der Waals surface area contributed by atoms with Gasteiger partial charge in [-0.2, -0.15) is 5.10 Å². The third-order valence-electron chi connectivity index (χ3n) is 2.37. The van der Waals surface area contributed by atoms with Crippen molar-refractivity contribution in [3.8, 4) is 16.3 Å². The Morgan fingerprint density at radius 2 is 2.00 bits per heavy atom. The smallest absolute Gasteiger partial charge is 0.182 e. The average Bonchev–Trinajstić information content (AvgIpc) is 2.98. The lowest BCUT2D eigenvalue weighted by molar-refractivity contribution is 0.628. The summed E-state index contributed by atoms with van der Waals surface area (Å²) in [5.74, 6) is -0.288. The lowest BCUT2D eigenvalue weighted by Crippen LogP contribution is -1.94. The molecule has 2 N–H and O–H groups in total. The van der Waals surface area contributed by atoms with Crippen LogP contribution in [0.1, 0.15) is 0 Å². The maximum atomic E-state index is 12.9. The van der Waals surface area contributed by atoms with E-state index < -0.39 is 0 Å². The summed E-state index contributed by atoms with van der Waals surface area (Å²) in [4.78, 5) is 8.14. The van der Waals surface area contributed by atoms with E-state index in [0.29, 0.717) is 10.8 Å². The molecule has 0 radical (unpaired) electrons. The summed E-state index contributed by atoms with van der Waals surface area (Å²) in [6.07, 6.45) is 3.00. The molecule has 7 heteroatoms. The largest absolute Gasteiger partial charge is 0.375 e. The zero-order valence-corrected chi connectivity index (χ0v) is 9.93. The number of hydrogen-bond acceptors (Lipinski definition) is 5. The first-order valence-corrected chi connectivity index (χ1v) is 5.93. The predicted molar refractivity (Wildman–Crippen MR) is 66.8 cm³/mol. The van der Waals surface area contributed by atoms with Crippen molar-refractivity contribution in [3.63, 3.8) is 0 Å². The van der Waals surface area contributed by atoms with Crippen LogP contribution in [0.4, 0.5) is 9.52 Å². The second-order valence-corrected chi connectivity index (χ2v) is 4.56. The van der Waals surface area contributed by atoms with Gasteiger partial charge in [-0.15, -0.1) is 0 Å². The molecule has 18 heavy (non-hydrogen) atoms. The van der Waals surface area contributed by atoms with Crippen LogP contribution in [0.3, 0.4) is 0 Å². The van der Waals surface area contributed by atoms with E-state index in [-0.39, 0.29) is 5.82 Å². The van der Waals surface area contributed by atoms with E-state index in [2.05, 4.69) is 15.1 Å². The van der Waals surface area contributed by atoms with Crippen molar-refractivity contribution in [2.24, 2.45) is 0 Å². The van der Waals surface area contributed by atoms with E-state index in [1.807, 2.05) is 0 Å². The minimum atomic E-state index is -0.288. The van der Waals surface area contributed by atoms with Crippen LogP contribution < -0.4 is 5.73 Å². The summed E-state index contributed by atoms with van der Waals surface area (Å²) in [6.45, 7) is 0. The number of anilines is 1. The molecule has 0 atom stereocenters. The van der Waals surface area contributed by atoms with Crippen LogP contribution in [0, 0.1) is 5.82 Å². The molecule has 90 valence electrons. The van der Waals surface area contributed by atoms with Crippen LogP contribution in [0.5, 0.6) is 0 Å². The van der Waals surface area contributed by atoms with Gasteiger partial charge >= 0.3 is 0 Å². The number of benzene rings is 1. The Hall–Kier alpha value is -2.28. The summed E-state index contributed by atoms with van der Waals surface area (Å²) < 4.78 is 14.5. The van der Waals surface area contributed by atoms with Gasteiger partial charge in [0.25, 0.3) is 0 Å². The van der Waals surface area contributed by atoms with Crippen molar-refractivity contribution in [1.29, 1.82) is 0 Å². The van der Waals surface area contributed by atoms with Crippen molar-refractivity contribution < 1.29 is 4.39 Å². The van der Waals surface area contributed by atoms with Gasteiger partial charge in [0, 0.05) is 5.56 Å². The summed E-state index contributed by atoms with van der Waals surface area (Å²) >= 11 is 1.30. The molecule has 0 aliphatic carbocycles. The van der Waals surface area contributed by atoms with Gasteiger partial charge in [-0.05, 0) is 24.3 Å². The number of nitrogens with two attached hydrogens (primary N) is 1. The third-order valence-corrected chi connectivity index (χ3v) is 3.24. The average molecular weight is 261 g/mol. The second-order valence-electron chi connectivity index (χ2n) is 3.55. The number of thiazole rings is 1. The van der Waals surface area contributed by atoms with Crippen LogP contribution in [0.15, 0.2) is 36.9 Å². The molecule has 1 aromatic carbocycles. The van der Waals surface area contributed by atoms with Crippen molar-refractivity contribution in [2.45, 2.75) is 0 Å². The summed E-state index contributed by atoms with van der Waals surface area (Å²) in [5, 5.41) is 5.24. The predicted octanol–water partition coefficient (Wildman–Crippen LogP) is 2.11. The van der Waals surface area contributed by atoms with Gasteiger partial charge in [0.2, 0.25) is 0 Å². The number of nitrogens with zero attached hydrogens (tertiary/aromatic N) is 4. The van der Waals surface area contributed by atoms with Gasteiger partial charge in [-0.1, -0.05) is 11.3 Å². The van der Waals surface area contributed by atoms with Crippen LogP contribution >= 0.6 is 11.3 Å². The zero-order valence-electron chi connectivity index (χ0n) is 9.12. The Bertz CT molecular complexity index is 659. The van der Waals surface area contributed by atoms with Crippen molar-refractivity contribution >= 4 is 16.5 Å². The highest BCUT2D eigenvalue weighted by atomic mass is 32.1. The van der Waals surface area contributed by atoms with Crippen molar-refractivity contribution in [2.75, 3.05) is 5.73 Å². The molecular formula is C11H8FN5S. The first kappa shape index (κ1) is 10.8. The zero-order chi connectivity index (χ0) is 12.5. The fraction of sp³-hybridized carbons (Fsp3) is 0. The highest BCUT2D eigenvalue weighted by molar-refractivity contribution is 7.18. The molecule has 0 unspecified atom stereocenters. The van der Waals surface area contributed by atoms with E-state index >= 15 is 0 Å². The molecule has 2 heterocycles. The van der Waals surface area contributed by atoms with Gasteiger partial charge in [0.15, 0.2) is 5.13 Å². The Morgan fingerprint density at radius 3 is 2.67 bits per heavy atom. The summed E-state index contributed by atoms with van der Waals surface area (Å²) in [5.41, 5.74) is 7.18. The Kier molecular flexibility index (Phi) is 2.52. The van der Waals surface area contributed by atoms with E-state index in [1.54, 1.807) is 23.1 Å². The molecule has 2 aromatic heterocycles. The molecule has 3 rings (SSSR count). The molecule has 0 aliphatic heterocycles.